The summed E-state index contributed by atoms with van der Waals surface area (Å²) in [4.78, 5) is 20.4. The molecule has 0 spiro atoms. The molecule has 1 aliphatic rings. The fraction of sp³-hybridized carbons (Fsp3) is 0.333. The summed E-state index contributed by atoms with van der Waals surface area (Å²) in [6, 6.07) is 11.6. The Balaban J connectivity index is 2.03. The number of benzene rings is 2. The summed E-state index contributed by atoms with van der Waals surface area (Å²) in [6.45, 7) is 6.13. The number of hydrogen-bond donors (Lipinski definition) is 0. The summed E-state index contributed by atoms with van der Waals surface area (Å²) >= 11 is 1.38. The van der Waals surface area contributed by atoms with Crippen LogP contribution in [0.4, 0.5) is 5.69 Å². The van der Waals surface area contributed by atoms with E-state index >= 15 is 0 Å². The van der Waals surface area contributed by atoms with Crippen molar-refractivity contribution in [2.45, 2.75) is 33.2 Å². The van der Waals surface area contributed by atoms with Crippen molar-refractivity contribution < 1.29 is 19.0 Å². The number of nitrogens with zero attached hydrogens (tertiary/aromatic N) is 2. The number of thioether (sulfide) groups is 1. The first-order valence-corrected chi connectivity index (χ1v) is 10.9. The van der Waals surface area contributed by atoms with Gasteiger partial charge in [-0.05, 0) is 67.9 Å². The van der Waals surface area contributed by atoms with Gasteiger partial charge in [-0.15, -0.1) is 0 Å². The SMILES string of the molecule is CC[C@@H](C)N1C(=O)/C(=C\c2cc(OC)c(OC)c(OC)c2)SC1=Nc1ccc(C)cc1. The summed E-state index contributed by atoms with van der Waals surface area (Å²) in [5.41, 5.74) is 2.77. The summed E-state index contributed by atoms with van der Waals surface area (Å²) in [5.74, 6) is 1.53. The van der Waals surface area contributed by atoms with E-state index in [1.54, 1.807) is 26.2 Å². The zero-order valence-corrected chi connectivity index (χ0v) is 19.6. The normalized spacial score (nSPS) is 17.4. The van der Waals surface area contributed by atoms with E-state index < -0.39 is 0 Å². The minimum absolute atomic E-state index is 0.0371. The smallest absolute Gasteiger partial charge is 0.266 e. The van der Waals surface area contributed by atoms with E-state index in [0.717, 1.165) is 17.7 Å². The largest absolute Gasteiger partial charge is 0.493 e. The Morgan fingerprint density at radius 3 is 2.19 bits per heavy atom. The van der Waals surface area contributed by atoms with Gasteiger partial charge in [0.1, 0.15) is 0 Å². The monoisotopic (exact) mass is 440 g/mol. The van der Waals surface area contributed by atoms with Crippen LogP contribution in [0.3, 0.4) is 0 Å². The highest BCUT2D eigenvalue weighted by Crippen LogP contribution is 2.41. The number of ether oxygens (including phenoxy) is 3. The molecule has 7 heteroatoms. The molecule has 0 aliphatic carbocycles. The predicted octanol–water partition coefficient (Wildman–Crippen LogP) is 5.42. The van der Waals surface area contributed by atoms with Crippen molar-refractivity contribution >= 4 is 34.6 Å². The van der Waals surface area contributed by atoms with Crippen molar-refractivity contribution in [3.8, 4) is 17.2 Å². The second-order valence-electron chi connectivity index (χ2n) is 7.23. The standard InChI is InChI=1S/C24H28N2O4S/c1-7-16(3)26-23(27)21(31-24(26)25-18-10-8-15(2)9-11-18)14-17-12-19(28-4)22(30-6)20(13-17)29-5/h8-14,16H,7H2,1-6H3/b21-14+,25-24?/t16-/m1/s1. The van der Waals surface area contributed by atoms with Crippen molar-refractivity contribution in [1.29, 1.82) is 0 Å². The lowest BCUT2D eigenvalue weighted by molar-refractivity contribution is -0.123. The van der Waals surface area contributed by atoms with Crippen molar-refractivity contribution in [1.82, 2.24) is 4.90 Å². The highest BCUT2D eigenvalue weighted by Gasteiger charge is 2.36. The molecule has 0 N–H and O–H groups in total. The molecule has 2 aromatic carbocycles. The zero-order chi connectivity index (χ0) is 22.5. The molecular weight excluding hydrogens is 412 g/mol. The van der Waals surface area contributed by atoms with Crippen LogP contribution in [0, 0.1) is 6.92 Å². The van der Waals surface area contributed by atoms with Crippen LogP contribution >= 0.6 is 11.8 Å². The molecule has 0 saturated carbocycles. The molecule has 164 valence electrons. The quantitative estimate of drug-likeness (QED) is 0.538. The number of hydrogen-bond acceptors (Lipinski definition) is 6. The summed E-state index contributed by atoms with van der Waals surface area (Å²) in [6.07, 6.45) is 2.67. The molecule has 0 unspecified atom stereocenters. The zero-order valence-electron chi connectivity index (χ0n) is 18.8. The average molecular weight is 441 g/mol. The molecule has 1 atom stereocenters. The van der Waals surface area contributed by atoms with Gasteiger partial charge in [-0.1, -0.05) is 24.6 Å². The number of rotatable bonds is 7. The molecule has 6 nitrogen and oxygen atoms in total. The number of amidine groups is 1. The molecule has 1 aliphatic heterocycles. The highest BCUT2D eigenvalue weighted by molar-refractivity contribution is 8.18. The first-order valence-electron chi connectivity index (χ1n) is 10.1. The van der Waals surface area contributed by atoms with Crippen LogP contribution in [0.15, 0.2) is 46.3 Å². The number of carbonyl (C=O) groups excluding carboxylic acids is 1. The topological polar surface area (TPSA) is 60.4 Å². The van der Waals surface area contributed by atoms with Gasteiger partial charge in [0.15, 0.2) is 16.7 Å². The predicted molar refractivity (Wildman–Crippen MR) is 127 cm³/mol. The molecular formula is C24H28N2O4S. The Kier molecular flexibility index (Phi) is 7.28. The third-order valence-corrected chi connectivity index (χ3v) is 6.09. The molecule has 1 saturated heterocycles. The number of amides is 1. The van der Waals surface area contributed by atoms with Crippen molar-refractivity contribution in [2.75, 3.05) is 21.3 Å². The van der Waals surface area contributed by atoms with E-state index in [1.165, 1.54) is 17.3 Å². The van der Waals surface area contributed by atoms with Crippen LogP contribution in [0.5, 0.6) is 17.2 Å². The summed E-state index contributed by atoms with van der Waals surface area (Å²) in [5, 5.41) is 0.682. The van der Waals surface area contributed by atoms with Gasteiger partial charge in [0.2, 0.25) is 5.75 Å². The molecule has 2 aromatic rings. The molecule has 1 fully saturated rings. The Morgan fingerprint density at radius 1 is 1.06 bits per heavy atom. The molecule has 0 aromatic heterocycles. The number of aryl methyl sites for hydroxylation is 1. The highest BCUT2D eigenvalue weighted by atomic mass is 32.2. The first kappa shape index (κ1) is 22.7. The first-order chi connectivity index (χ1) is 14.9. The van der Waals surface area contributed by atoms with E-state index in [0.29, 0.717) is 27.3 Å². The van der Waals surface area contributed by atoms with Gasteiger partial charge < -0.3 is 14.2 Å². The van der Waals surface area contributed by atoms with E-state index in [1.807, 2.05) is 56.3 Å². The third kappa shape index (κ3) is 4.88. The molecule has 1 heterocycles. The van der Waals surface area contributed by atoms with Gasteiger partial charge in [0.25, 0.3) is 5.91 Å². The van der Waals surface area contributed by atoms with Crippen LogP contribution in [0.1, 0.15) is 31.4 Å². The number of aliphatic imine (C=N–C) groups is 1. The van der Waals surface area contributed by atoms with Gasteiger partial charge in [-0.25, -0.2) is 4.99 Å². The Morgan fingerprint density at radius 2 is 1.68 bits per heavy atom. The van der Waals surface area contributed by atoms with Crippen molar-refractivity contribution in [3.63, 3.8) is 0 Å². The van der Waals surface area contributed by atoms with Gasteiger partial charge in [0, 0.05) is 6.04 Å². The number of methoxy groups -OCH3 is 3. The van der Waals surface area contributed by atoms with Crippen LogP contribution < -0.4 is 14.2 Å². The summed E-state index contributed by atoms with van der Waals surface area (Å²) in [7, 11) is 4.70. The lowest BCUT2D eigenvalue weighted by Gasteiger charge is -2.22. The maximum absolute atomic E-state index is 13.3. The van der Waals surface area contributed by atoms with Crippen LogP contribution in [-0.2, 0) is 4.79 Å². The molecule has 0 bridgehead atoms. The third-order valence-electron chi connectivity index (χ3n) is 5.11. The average Bonchev–Trinajstić information content (AvgIpc) is 3.08. The van der Waals surface area contributed by atoms with Crippen LogP contribution in [-0.4, -0.2) is 43.3 Å². The van der Waals surface area contributed by atoms with Gasteiger partial charge >= 0.3 is 0 Å². The van der Waals surface area contributed by atoms with Crippen LogP contribution in [0.2, 0.25) is 0 Å². The number of carbonyl (C=O) groups is 1. The Labute approximate surface area is 187 Å². The molecule has 31 heavy (non-hydrogen) atoms. The minimum atomic E-state index is -0.0565. The van der Waals surface area contributed by atoms with Crippen molar-refractivity contribution in [2.24, 2.45) is 4.99 Å². The molecule has 1 amide bonds. The second-order valence-corrected chi connectivity index (χ2v) is 8.24. The van der Waals surface area contributed by atoms with E-state index in [9.17, 15) is 4.79 Å². The fourth-order valence-corrected chi connectivity index (χ4v) is 4.29. The maximum atomic E-state index is 13.3. The maximum Gasteiger partial charge on any atom is 0.266 e. The van der Waals surface area contributed by atoms with E-state index in [-0.39, 0.29) is 11.9 Å². The lowest BCUT2D eigenvalue weighted by Crippen LogP contribution is -2.36. The van der Waals surface area contributed by atoms with Gasteiger partial charge in [0.05, 0.1) is 31.9 Å². The lowest BCUT2D eigenvalue weighted by atomic mass is 10.1. The van der Waals surface area contributed by atoms with Gasteiger partial charge in [-0.3, -0.25) is 9.69 Å². The second kappa shape index (κ2) is 9.92. The van der Waals surface area contributed by atoms with E-state index in [4.69, 9.17) is 19.2 Å². The summed E-state index contributed by atoms with van der Waals surface area (Å²) < 4.78 is 16.3. The molecule has 0 radical (unpaired) electrons. The van der Waals surface area contributed by atoms with Gasteiger partial charge in [-0.2, -0.15) is 0 Å². The van der Waals surface area contributed by atoms with E-state index in [2.05, 4.69) is 6.92 Å². The fourth-order valence-electron chi connectivity index (χ4n) is 3.20. The Hall–Kier alpha value is -2.93. The van der Waals surface area contributed by atoms with Crippen molar-refractivity contribution in [3.05, 3.63) is 52.4 Å². The molecule has 3 rings (SSSR count). The van der Waals surface area contributed by atoms with Crippen LogP contribution in [0.25, 0.3) is 6.08 Å². The minimum Gasteiger partial charge on any atom is -0.493 e. The Bertz CT molecular complexity index is 990.